The standard InChI is InChI=1S/C14H12Br2FNO/c1-8(11-4-3-10(19)7-13(11)17)18-14-5-2-9(15)6-12(14)16/h2-8,18-19H,1H3. The minimum absolute atomic E-state index is 0.0710. The van der Waals surface area contributed by atoms with Crippen LogP contribution in [0.5, 0.6) is 5.75 Å². The minimum Gasteiger partial charge on any atom is -0.508 e. The first kappa shape index (κ1) is 14.3. The fourth-order valence-corrected chi connectivity index (χ4v) is 2.95. The molecular formula is C14H12Br2FNO. The molecule has 0 bridgehead atoms. The van der Waals surface area contributed by atoms with Crippen LogP contribution in [0.3, 0.4) is 0 Å². The number of phenolic OH excluding ortho intramolecular Hbond substituents is 1. The molecule has 0 aliphatic rings. The number of rotatable bonds is 3. The molecule has 2 aromatic rings. The Bertz CT molecular complexity index is 604. The molecule has 2 aromatic carbocycles. The third-order valence-corrected chi connectivity index (χ3v) is 3.90. The second kappa shape index (κ2) is 5.92. The molecule has 0 aromatic heterocycles. The maximum absolute atomic E-state index is 13.7. The Labute approximate surface area is 127 Å². The van der Waals surface area contributed by atoms with Crippen molar-refractivity contribution in [3.05, 3.63) is 56.7 Å². The van der Waals surface area contributed by atoms with Gasteiger partial charge in [0, 0.05) is 26.3 Å². The summed E-state index contributed by atoms with van der Waals surface area (Å²) in [5, 5.41) is 12.4. The lowest BCUT2D eigenvalue weighted by molar-refractivity contribution is 0.467. The van der Waals surface area contributed by atoms with Crippen molar-refractivity contribution in [2.24, 2.45) is 0 Å². The molecule has 2 rings (SSSR count). The molecule has 5 heteroatoms. The van der Waals surface area contributed by atoms with E-state index in [1.165, 1.54) is 6.07 Å². The predicted octanol–water partition coefficient (Wildman–Crippen LogP) is 5.23. The van der Waals surface area contributed by atoms with E-state index < -0.39 is 5.82 Å². The molecule has 2 N–H and O–H groups in total. The van der Waals surface area contributed by atoms with Crippen molar-refractivity contribution in [3.8, 4) is 5.75 Å². The van der Waals surface area contributed by atoms with Gasteiger partial charge in [-0.1, -0.05) is 22.0 Å². The van der Waals surface area contributed by atoms with Crippen molar-refractivity contribution in [2.75, 3.05) is 5.32 Å². The van der Waals surface area contributed by atoms with Gasteiger partial charge in [-0.15, -0.1) is 0 Å². The highest BCUT2D eigenvalue weighted by Crippen LogP contribution is 2.30. The van der Waals surface area contributed by atoms with Gasteiger partial charge in [0.15, 0.2) is 0 Å². The Morgan fingerprint density at radius 2 is 1.89 bits per heavy atom. The van der Waals surface area contributed by atoms with E-state index in [2.05, 4.69) is 37.2 Å². The van der Waals surface area contributed by atoms with Crippen LogP contribution in [0.2, 0.25) is 0 Å². The number of anilines is 1. The molecule has 0 spiro atoms. The number of phenols is 1. The van der Waals surface area contributed by atoms with Crippen LogP contribution in [0.15, 0.2) is 45.3 Å². The SMILES string of the molecule is CC(Nc1ccc(Br)cc1Br)c1ccc(O)cc1F. The van der Waals surface area contributed by atoms with E-state index in [0.29, 0.717) is 5.56 Å². The highest BCUT2D eigenvalue weighted by atomic mass is 79.9. The van der Waals surface area contributed by atoms with Gasteiger partial charge in [-0.25, -0.2) is 4.39 Å². The average molecular weight is 389 g/mol. The van der Waals surface area contributed by atoms with Gasteiger partial charge in [0.2, 0.25) is 0 Å². The Kier molecular flexibility index (Phi) is 4.47. The largest absolute Gasteiger partial charge is 0.508 e. The Morgan fingerprint density at radius 3 is 2.53 bits per heavy atom. The molecule has 100 valence electrons. The molecule has 0 heterocycles. The first-order valence-electron chi connectivity index (χ1n) is 5.67. The van der Waals surface area contributed by atoms with Crippen LogP contribution in [-0.2, 0) is 0 Å². The zero-order chi connectivity index (χ0) is 14.0. The molecule has 0 fully saturated rings. The Hall–Kier alpha value is -1.07. The number of halogens is 3. The Morgan fingerprint density at radius 1 is 1.16 bits per heavy atom. The smallest absolute Gasteiger partial charge is 0.132 e. The van der Waals surface area contributed by atoms with Crippen molar-refractivity contribution in [1.29, 1.82) is 0 Å². The summed E-state index contributed by atoms with van der Waals surface area (Å²) in [4.78, 5) is 0. The summed E-state index contributed by atoms with van der Waals surface area (Å²) in [5.74, 6) is -0.494. The Balaban J connectivity index is 2.23. The van der Waals surface area contributed by atoms with E-state index in [1.54, 1.807) is 6.07 Å². The summed E-state index contributed by atoms with van der Waals surface area (Å²) < 4.78 is 15.6. The molecule has 0 aliphatic heterocycles. The van der Waals surface area contributed by atoms with E-state index in [0.717, 1.165) is 20.7 Å². The van der Waals surface area contributed by atoms with Crippen LogP contribution < -0.4 is 5.32 Å². The molecular weight excluding hydrogens is 377 g/mol. The lowest BCUT2D eigenvalue weighted by Gasteiger charge is -2.17. The van der Waals surface area contributed by atoms with Crippen molar-refractivity contribution in [3.63, 3.8) is 0 Å². The van der Waals surface area contributed by atoms with Gasteiger partial charge in [0.25, 0.3) is 0 Å². The fourth-order valence-electron chi connectivity index (χ4n) is 1.78. The van der Waals surface area contributed by atoms with E-state index in [9.17, 15) is 9.50 Å². The highest BCUT2D eigenvalue weighted by Gasteiger charge is 2.12. The van der Waals surface area contributed by atoms with Gasteiger partial charge in [0.05, 0.1) is 6.04 Å². The van der Waals surface area contributed by atoms with Gasteiger partial charge in [-0.05, 0) is 47.1 Å². The zero-order valence-electron chi connectivity index (χ0n) is 10.1. The third-order valence-electron chi connectivity index (χ3n) is 2.75. The van der Waals surface area contributed by atoms with E-state index in [-0.39, 0.29) is 11.8 Å². The van der Waals surface area contributed by atoms with Crippen LogP contribution in [0.25, 0.3) is 0 Å². The second-order valence-corrected chi connectivity index (χ2v) is 5.97. The average Bonchev–Trinajstić information content (AvgIpc) is 2.32. The van der Waals surface area contributed by atoms with Crippen LogP contribution >= 0.6 is 31.9 Å². The van der Waals surface area contributed by atoms with Crippen molar-refractivity contribution in [1.82, 2.24) is 0 Å². The number of nitrogens with one attached hydrogen (secondary N) is 1. The third kappa shape index (κ3) is 3.48. The quantitative estimate of drug-likeness (QED) is 0.754. The maximum atomic E-state index is 13.7. The van der Waals surface area contributed by atoms with E-state index >= 15 is 0 Å². The molecule has 1 atom stereocenters. The second-order valence-electron chi connectivity index (χ2n) is 4.20. The van der Waals surface area contributed by atoms with Gasteiger partial charge >= 0.3 is 0 Å². The van der Waals surface area contributed by atoms with Crippen LogP contribution in [0, 0.1) is 5.82 Å². The number of aromatic hydroxyl groups is 1. The molecule has 0 saturated heterocycles. The molecule has 0 saturated carbocycles. The van der Waals surface area contributed by atoms with Crippen LogP contribution in [-0.4, -0.2) is 5.11 Å². The predicted molar refractivity (Wildman–Crippen MR) is 81.9 cm³/mol. The monoisotopic (exact) mass is 387 g/mol. The van der Waals surface area contributed by atoms with Crippen molar-refractivity contribution >= 4 is 37.5 Å². The van der Waals surface area contributed by atoms with Crippen LogP contribution in [0.1, 0.15) is 18.5 Å². The van der Waals surface area contributed by atoms with E-state index in [1.807, 2.05) is 25.1 Å². The van der Waals surface area contributed by atoms with Gasteiger partial charge < -0.3 is 10.4 Å². The summed E-state index contributed by atoms with van der Waals surface area (Å²) >= 11 is 6.83. The van der Waals surface area contributed by atoms with Gasteiger partial charge in [-0.2, -0.15) is 0 Å². The molecule has 0 amide bonds. The van der Waals surface area contributed by atoms with Crippen molar-refractivity contribution in [2.45, 2.75) is 13.0 Å². The molecule has 2 nitrogen and oxygen atoms in total. The molecule has 0 radical (unpaired) electrons. The summed E-state index contributed by atoms with van der Waals surface area (Å²) in [6.45, 7) is 1.87. The first-order chi connectivity index (χ1) is 8.97. The number of benzene rings is 2. The summed E-state index contributed by atoms with van der Waals surface area (Å²) in [6, 6.07) is 9.70. The minimum atomic E-state index is -0.423. The summed E-state index contributed by atoms with van der Waals surface area (Å²) in [6.07, 6.45) is 0. The summed E-state index contributed by atoms with van der Waals surface area (Å²) in [7, 11) is 0. The van der Waals surface area contributed by atoms with Crippen LogP contribution in [0.4, 0.5) is 10.1 Å². The molecule has 0 aliphatic carbocycles. The highest BCUT2D eigenvalue weighted by molar-refractivity contribution is 9.11. The molecule has 1 unspecified atom stereocenters. The van der Waals surface area contributed by atoms with Gasteiger partial charge in [0.1, 0.15) is 11.6 Å². The lowest BCUT2D eigenvalue weighted by atomic mass is 10.1. The fraction of sp³-hybridized carbons (Fsp3) is 0.143. The number of hydrogen-bond donors (Lipinski definition) is 2. The van der Waals surface area contributed by atoms with E-state index in [4.69, 9.17) is 0 Å². The van der Waals surface area contributed by atoms with Crippen molar-refractivity contribution < 1.29 is 9.50 Å². The summed E-state index contributed by atoms with van der Waals surface area (Å²) in [5.41, 5.74) is 1.38. The zero-order valence-corrected chi connectivity index (χ0v) is 13.3. The number of hydrogen-bond acceptors (Lipinski definition) is 2. The first-order valence-corrected chi connectivity index (χ1v) is 7.26. The van der Waals surface area contributed by atoms with Gasteiger partial charge in [-0.3, -0.25) is 0 Å². The normalized spacial score (nSPS) is 12.2. The molecule has 19 heavy (non-hydrogen) atoms. The maximum Gasteiger partial charge on any atom is 0.132 e. The lowest BCUT2D eigenvalue weighted by Crippen LogP contribution is -2.08. The topological polar surface area (TPSA) is 32.3 Å².